The summed E-state index contributed by atoms with van der Waals surface area (Å²) in [6.45, 7) is 0. The fourth-order valence-electron chi connectivity index (χ4n) is 0.885. The number of hydrogen-bond acceptors (Lipinski definition) is 5. The molecule has 0 radical (unpaired) electrons. The van der Waals surface area contributed by atoms with E-state index in [1.165, 1.54) is 0 Å². The number of nitrogens with zero attached hydrogens (tertiary/aromatic N) is 2. The molecule has 0 spiro atoms. The fourth-order valence-corrected chi connectivity index (χ4v) is 1.01. The smallest absolute Gasteiger partial charge is 0.284 e. The minimum absolute atomic E-state index is 0.242. The van der Waals surface area contributed by atoms with Crippen molar-refractivity contribution in [3.63, 3.8) is 0 Å². The molecule has 0 amide bonds. The van der Waals surface area contributed by atoms with Crippen molar-refractivity contribution in [3.05, 3.63) is 23.2 Å². The van der Waals surface area contributed by atoms with E-state index in [4.69, 9.17) is 22.4 Å². The van der Waals surface area contributed by atoms with E-state index >= 15 is 0 Å². The van der Waals surface area contributed by atoms with Gasteiger partial charge in [0, 0.05) is 6.20 Å². The number of nitrogens with two attached hydrogens (primary N) is 1. The van der Waals surface area contributed by atoms with E-state index < -0.39 is 0 Å². The number of anilines is 1. The molecule has 6 heteroatoms. The lowest BCUT2D eigenvalue weighted by molar-refractivity contribution is 0.552. The Labute approximate surface area is 78.6 Å². The molecule has 0 aliphatic heterocycles. The third-order valence-corrected chi connectivity index (χ3v) is 1.65. The van der Waals surface area contributed by atoms with E-state index in [-0.39, 0.29) is 4.84 Å². The van der Waals surface area contributed by atoms with Crippen LogP contribution < -0.4 is 5.73 Å². The van der Waals surface area contributed by atoms with Crippen LogP contribution in [0, 0.1) is 4.84 Å². The molecule has 0 aromatic carbocycles. The van der Waals surface area contributed by atoms with E-state index in [0.29, 0.717) is 11.7 Å². The van der Waals surface area contributed by atoms with E-state index in [2.05, 4.69) is 15.2 Å². The van der Waals surface area contributed by atoms with Crippen molar-refractivity contribution in [2.45, 2.75) is 0 Å². The molecule has 13 heavy (non-hydrogen) atoms. The van der Waals surface area contributed by atoms with E-state index in [1.807, 2.05) is 0 Å². The van der Waals surface area contributed by atoms with Crippen molar-refractivity contribution >= 4 is 18.0 Å². The molecule has 5 nitrogen and oxygen atoms in total. The molecular formula is C7H6N4OS. The molecule has 0 bridgehead atoms. The topological polar surface area (TPSA) is 80.7 Å². The minimum Gasteiger partial charge on any atom is -0.409 e. The van der Waals surface area contributed by atoms with Crippen molar-refractivity contribution in [1.29, 1.82) is 0 Å². The summed E-state index contributed by atoms with van der Waals surface area (Å²) >= 11 is 4.73. The van der Waals surface area contributed by atoms with E-state index in [1.54, 1.807) is 18.3 Å². The maximum atomic E-state index is 5.42. The van der Waals surface area contributed by atoms with Gasteiger partial charge in [-0.15, -0.1) is 5.10 Å². The summed E-state index contributed by atoms with van der Waals surface area (Å²) < 4.78 is 5.08. The van der Waals surface area contributed by atoms with Gasteiger partial charge in [-0.1, -0.05) is 0 Å². The van der Waals surface area contributed by atoms with Crippen LogP contribution in [0.4, 0.5) is 5.82 Å². The van der Waals surface area contributed by atoms with Crippen LogP contribution in [-0.2, 0) is 0 Å². The van der Waals surface area contributed by atoms with Crippen molar-refractivity contribution < 1.29 is 4.42 Å². The maximum Gasteiger partial charge on any atom is 0.284 e. The molecule has 2 rings (SSSR count). The molecule has 2 heterocycles. The second kappa shape index (κ2) is 2.98. The second-order valence-corrected chi connectivity index (χ2v) is 2.76. The van der Waals surface area contributed by atoms with Crippen LogP contribution in [0.15, 0.2) is 22.7 Å². The Bertz CT molecular complexity index is 458. The van der Waals surface area contributed by atoms with Gasteiger partial charge in [-0.25, -0.2) is 10.1 Å². The average molecular weight is 194 g/mol. The zero-order valence-corrected chi connectivity index (χ0v) is 7.34. The largest absolute Gasteiger partial charge is 0.409 e. The summed E-state index contributed by atoms with van der Waals surface area (Å²) in [5.41, 5.74) is 6.16. The van der Waals surface area contributed by atoms with Gasteiger partial charge >= 0.3 is 0 Å². The Morgan fingerprint density at radius 1 is 1.46 bits per heavy atom. The zero-order valence-electron chi connectivity index (χ0n) is 6.52. The summed E-state index contributed by atoms with van der Waals surface area (Å²) in [4.78, 5) is 4.14. The van der Waals surface area contributed by atoms with E-state index in [0.717, 1.165) is 5.56 Å². The van der Waals surface area contributed by atoms with Crippen LogP contribution in [0.2, 0.25) is 0 Å². The normalized spacial score (nSPS) is 10.2. The first-order chi connectivity index (χ1) is 6.25. The van der Waals surface area contributed by atoms with E-state index in [9.17, 15) is 0 Å². The number of nitrogen functional groups attached to an aromatic ring is 1. The van der Waals surface area contributed by atoms with Gasteiger partial charge in [0.15, 0.2) is 0 Å². The molecule has 0 aliphatic carbocycles. The highest BCUT2D eigenvalue weighted by Crippen LogP contribution is 2.15. The molecule has 3 N–H and O–H groups in total. The summed E-state index contributed by atoms with van der Waals surface area (Å²) in [6, 6.07) is 3.43. The predicted octanol–water partition coefficient (Wildman–Crippen LogP) is 1.38. The van der Waals surface area contributed by atoms with Crippen molar-refractivity contribution in [2.24, 2.45) is 0 Å². The van der Waals surface area contributed by atoms with Crippen LogP contribution in [0.5, 0.6) is 0 Å². The predicted molar refractivity (Wildman–Crippen MR) is 49.3 cm³/mol. The quantitative estimate of drug-likeness (QED) is 0.670. The van der Waals surface area contributed by atoms with Crippen LogP contribution in [-0.4, -0.2) is 15.2 Å². The Hall–Kier alpha value is -1.69. The Morgan fingerprint density at radius 2 is 2.31 bits per heavy atom. The number of aromatic amines is 1. The van der Waals surface area contributed by atoms with Crippen molar-refractivity contribution in [3.8, 4) is 11.5 Å². The third-order valence-electron chi connectivity index (χ3n) is 1.47. The highest BCUT2D eigenvalue weighted by molar-refractivity contribution is 7.71. The zero-order chi connectivity index (χ0) is 9.26. The second-order valence-electron chi connectivity index (χ2n) is 2.39. The Balaban J connectivity index is 2.47. The van der Waals surface area contributed by atoms with Crippen LogP contribution in [0.3, 0.4) is 0 Å². The number of H-pyrrole nitrogens is 1. The van der Waals surface area contributed by atoms with Gasteiger partial charge in [0.2, 0.25) is 5.89 Å². The van der Waals surface area contributed by atoms with Gasteiger partial charge in [-0.2, -0.15) is 0 Å². The molecule has 0 atom stereocenters. The Kier molecular flexibility index (Phi) is 1.82. The lowest BCUT2D eigenvalue weighted by Crippen LogP contribution is -1.88. The molecule has 2 aromatic heterocycles. The number of pyridine rings is 1. The first-order valence-corrected chi connectivity index (χ1v) is 3.94. The first-order valence-electron chi connectivity index (χ1n) is 3.53. The SMILES string of the molecule is Nc1ccc(-c2n[nH]c(=S)o2)cn1. The molecule has 66 valence electrons. The first kappa shape index (κ1) is 7.93. The lowest BCUT2D eigenvalue weighted by atomic mass is 10.3. The molecule has 0 fully saturated rings. The van der Waals surface area contributed by atoms with Crippen LogP contribution >= 0.6 is 12.2 Å². The molecule has 0 unspecified atom stereocenters. The van der Waals surface area contributed by atoms with Gasteiger partial charge in [0.05, 0.1) is 5.56 Å². The fraction of sp³-hybridized carbons (Fsp3) is 0. The van der Waals surface area contributed by atoms with Crippen LogP contribution in [0.1, 0.15) is 0 Å². The molecule has 0 saturated carbocycles. The van der Waals surface area contributed by atoms with Gasteiger partial charge < -0.3 is 10.2 Å². The monoisotopic (exact) mass is 194 g/mol. The number of hydrogen-bond donors (Lipinski definition) is 2. The van der Waals surface area contributed by atoms with Gasteiger partial charge in [0.1, 0.15) is 5.82 Å². The van der Waals surface area contributed by atoms with Gasteiger partial charge in [-0.05, 0) is 24.4 Å². The number of nitrogens with one attached hydrogen (secondary N) is 1. The molecule has 0 saturated heterocycles. The number of rotatable bonds is 1. The summed E-state index contributed by atoms with van der Waals surface area (Å²) in [5.74, 6) is 0.871. The summed E-state index contributed by atoms with van der Waals surface area (Å²) in [5, 5.41) is 6.36. The molecule has 2 aromatic rings. The standard InChI is InChI=1S/C7H6N4OS/c8-5-2-1-4(3-9-5)6-10-11-7(13)12-6/h1-3H,(H2,8,9)(H,11,13). The minimum atomic E-state index is 0.242. The van der Waals surface area contributed by atoms with Crippen molar-refractivity contribution in [2.75, 3.05) is 5.73 Å². The van der Waals surface area contributed by atoms with Crippen molar-refractivity contribution in [1.82, 2.24) is 15.2 Å². The highest BCUT2D eigenvalue weighted by atomic mass is 32.1. The van der Waals surface area contributed by atoms with Gasteiger partial charge in [0.25, 0.3) is 4.84 Å². The summed E-state index contributed by atoms with van der Waals surface area (Å²) in [7, 11) is 0. The summed E-state index contributed by atoms with van der Waals surface area (Å²) in [6.07, 6.45) is 1.57. The maximum absolute atomic E-state index is 5.42. The molecular weight excluding hydrogens is 188 g/mol. The Morgan fingerprint density at radius 3 is 2.85 bits per heavy atom. The van der Waals surface area contributed by atoms with Crippen LogP contribution in [0.25, 0.3) is 11.5 Å². The third kappa shape index (κ3) is 1.57. The highest BCUT2D eigenvalue weighted by Gasteiger charge is 2.02. The molecule has 0 aliphatic rings. The average Bonchev–Trinajstić information content (AvgIpc) is 2.53. The number of aromatic nitrogens is 3. The van der Waals surface area contributed by atoms with Gasteiger partial charge in [-0.3, -0.25) is 0 Å². The lowest BCUT2D eigenvalue weighted by Gasteiger charge is -1.93.